The van der Waals surface area contributed by atoms with Crippen molar-refractivity contribution in [2.45, 2.75) is 26.4 Å². The van der Waals surface area contributed by atoms with E-state index in [4.69, 9.17) is 4.74 Å². The number of ketones is 1. The van der Waals surface area contributed by atoms with E-state index in [2.05, 4.69) is 6.92 Å². The Labute approximate surface area is 124 Å². The first-order valence-electron chi connectivity index (χ1n) is 7.00. The Morgan fingerprint density at radius 3 is 2.10 bits per heavy atom. The minimum absolute atomic E-state index is 0.0810. The van der Waals surface area contributed by atoms with Crippen LogP contribution < -0.4 is 0 Å². The summed E-state index contributed by atoms with van der Waals surface area (Å²) in [7, 11) is 0. The second-order valence-corrected chi connectivity index (χ2v) is 4.83. The number of hydrogen-bond acceptors (Lipinski definition) is 3. The molecular weight excluding hydrogens is 264 g/mol. The van der Waals surface area contributed by atoms with Gasteiger partial charge in [0.2, 0.25) is 5.78 Å². The fourth-order valence-electron chi connectivity index (χ4n) is 1.95. The zero-order valence-electron chi connectivity index (χ0n) is 12.0. The summed E-state index contributed by atoms with van der Waals surface area (Å²) in [6.45, 7) is 2.20. The highest BCUT2D eigenvalue weighted by Crippen LogP contribution is 2.07. The van der Waals surface area contributed by atoms with Crippen LogP contribution in [-0.2, 0) is 33.8 Å². The molecule has 2 aromatic carbocycles. The number of esters is 1. The zero-order valence-corrected chi connectivity index (χ0v) is 12.0. The van der Waals surface area contributed by atoms with Gasteiger partial charge < -0.3 is 4.74 Å². The number of hydrogen-bond donors (Lipinski definition) is 0. The maximum absolute atomic E-state index is 11.8. The molecule has 0 atom stereocenters. The molecule has 0 bridgehead atoms. The summed E-state index contributed by atoms with van der Waals surface area (Å²) >= 11 is 0. The second kappa shape index (κ2) is 7.39. The molecule has 0 aliphatic carbocycles. The van der Waals surface area contributed by atoms with E-state index in [1.54, 1.807) is 0 Å². The van der Waals surface area contributed by atoms with Gasteiger partial charge in [0, 0.05) is 6.42 Å². The van der Waals surface area contributed by atoms with E-state index in [0.29, 0.717) is 0 Å². The van der Waals surface area contributed by atoms with Gasteiger partial charge in [-0.05, 0) is 23.1 Å². The van der Waals surface area contributed by atoms with Gasteiger partial charge in [-0.2, -0.15) is 0 Å². The van der Waals surface area contributed by atoms with Crippen LogP contribution >= 0.6 is 0 Å². The fraction of sp³-hybridized carbons (Fsp3) is 0.222. The van der Waals surface area contributed by atoms with Crippen LogP contribution in [0.1, 0.15) is 23.6 Å². The van der Waals surface area contributed by atoms with Crippen LogP contribution in [0.4, 0.5) is 0 Å². The van der Waals surface area contributed by atoms with E-state index >= 15 is 0 Å². The van der Waals surface area contributed by atoms with E-state index in [0.717, 1.165) is 17.5 Å². The second-order valence-electron chi connectivity index (χ2n) is 4.83. The van der Waals surface area contributed by atoms with Crippen molar-refractivity contribution < 1.29 is 14.3 Å². The molecule has 108 valence electrons. The standard InChI is InChI=1S/C18H18O3/c1-2-14-8-10-15(11-9-14)12-17(19)18(20)21-13-16-6-4-3-5-7-16/h3-11H,2,12-13H2,1H3. The highest BCUT2D eigenvalue weighted by Gasteiger charge is 2.15. The summed E-state index contributed by atoms with van der Waals surface area (Å²) in [5.41, 5.74) is 2.90. The Balaban J connectivity index is 1.86. The molecule has 0 aliphatic rings. The smallest absolute Gasteiger partial charge is 0.375 e. The topological polar surface area (TPSA) is 43.4 Å². The molecule has 0 N–H and O–H groups in total. The summed E-state index contributed by atoms with van der Waals surface area (Å²) in [5.74, 6) is -1.30. The third-order valence-electron chi connectivity index (χ3n) is 3.24. The molecule has 0 saturated carbocycles. The highest BCUT2D eigenvalue weighted by atomic mass is 16.5. The third kappa shape index (κ3) is 4.56. The molecule has 0 aromatic heterocycles. The van der Waals surface area contributed by atoms with Crippen LogP contribution in [0.25, 0.3) is 0 Å². The van der Waals surface area contributed by atoms with Crippen LogP contribution in [0.3, 0.4) is 0 Å². The van der Waals surface area contributed by atoms with Crippen LogP contribution in [0, 0.1) is 0 Å². The molecule has 0 heterocycles. The van der Waals surface area contributed by atoms with Crippen molar-refractivity contribution in [3.8, 4) is 0 Å². The molecule has 3 nitrogen and oxygen atoms in total. The Morgan fingerprint density at radius 2 is 1.48 bits per heavy atom. The molecule has 0 saturated heterocycles. The van der Waals surface area contributed by atoms with Crippen LogP contribution in [0.15, 0.2) is 54.6 Å². The molecule has 0 fully saturated rings. The van der Waals surface area contributed by atoms with Crippen LogP contribution in [0.5, 0.6) is 0 Å². The lowest BCUT2D eigenvalue weighted by Crippen LogP contribution is -2.19. The van der Waals surface area contributed by atoms with Crippen molar-refractivity contribution in [3.63, 3.8) is 0 Å². The van der Waals surface area contributed by atoms with E-state index in [1.807, 2.05) is 54.6 Å². The van der Waals surface area contributed by atoms with Crippen molar-refractivity contribution in [2.24, 2.45) is 0 Å². The molecule has 0 aliphatic heterocycles. The van der Waals surface area contributed by atoms with Gasteiger partial charge in [-0.15, -0.1) is 0 Å². The number of aryl methyl sites for hydroxylation is 1. The summed E-state index contributed by atoms with van der Waals surface area (Å²) < 4.78 is 5.02. The Bertz CT molecular complexity index is 600. The molecule has 0 amide bonds. The molecule has 0 unspecified atom stereocenters. The van der Waals surface area contributed by atoms with Crippen molar-refractivity contribution >= 4 is 11.8 Å². The number of benzene rings is 2. The van der Waals surface area contributed by atoms with E-state index in [-0.39, 0.29) is 13.0 Å². The number of carbonyl (C=O) groups excluding carboxylic acids is 2. The van der Waals surface area contributed by atoms with E-state index in [9.17, 15) is 9.59 Å². The maximum Gasteiger partial charge on any atom is 0.375 e. The average molecular weight is 282 g/mol. The van der Waals surface area contributed by atoms with Gasteiger partial charge in [-0.1, -0.05) is 61.5 Å². The normalized spacial score (nSPS) is 10.1. The summed E-state index contributed by atoms with van der Waals surface area (Å²) in [4.78, 5) is 23.5. The van der Waals surface area contributed by atoms with Gasteiger partial charge >= 0.3 is 5.97 Å². The Hall–Kier alpha value is -2.42. The largest absolute Gasteiger partial charge is 0.455 e. The number of carbonyl (C=O) groups is 2. The van der Waals surface area contributed by atoms with Gasteiger partial charge in [0.25, 0.3) is 0 Å². The lowest BCUT2D eigenvalue weighted by molar-refractivity contribution is -0.154. The number of ether oxygens (including phenoxy) is 1. The Kier molecular flexibility index (Phi) is 5.27. The Morgan fingerprint density at radius 1 is 0.857 bits per heavy atom. The van der Waals surface area contributed by atoms with Crippen LogP contribution in [-0.4, -0.2) is 11.8 Å². The number of rotatable bonds is 6. The van der Waals surface area contributed by atoms with Crippen molar-refractivity contribution in [1.82, 2.24) is 0 Å². The minimum Gasteiger partial charge on any atom is -0.455 e. The molecule has 2 rings (SSSR count). The summed E-state index contributed by atoms with van der Waals surface area (Å²) in [6.07, 6.45) is 1.03. The van der Waals surface area contributed by atoms with Gasteiger partial charge in [-0.3, -0.25) is 4.79 Å². The van der Waals surface area contributed by atoms with Gasteiger partial charge in [0.15, 0.2) is 0 Å². The predicted octanol–water partition coefficient (Wildman–Crippen LogP) is 3.10. The van der Waals surface area contributed by atoms with Crippen molar-refractivity contribution in [1.29, 1.82) is 0 Å². The van der Waals surface area contributed by atoms with Crippen molar-refractivity contribution in [2.75, 3.05) is 0 Å². The van der Waals surface area contributed by atoms with Crippen LogP contribution in [0.2, 0.25) is 0 Å². The van der Waals surface area contributed by atoms with Gasteiger partial charge in [-0.25, -0.2) is 4.79 Å². The first kappa shape index (κ1) is 15.0. The van der Waals surface area contributed by atoms with Gasteiger partial charge in [0.1, 0.15) is 6.61 Å². The monoisotopic (exact) mass is 282 g/mol. The highest BCUT2D eigenvalue weighted by molar-refractivity contribution is 6.34. The average Bonchev–Trinajstić information content (AvgIpc) is 2.54. The molecule has 3 heteroatoms. The maximum atomic E-state index is 11.8. The SMILES string of the molecule is CCc1ccc(CC(=O)C(=O)OCc2ccccc2)cc1. The lowest BCUT2D eigenvalue weighted by atomic mass is 10.1. The first-order valence-corrected chi connectivity index (χ1v) is 7.00. The molecule has 0 spiro atoms. The molecular formula is C18H18O3. The predicted molar refractivity (Wildman–Crippen MR) is 80.8 cm³/mol. The molecule has 2 aromatic rings. The van der Waals surface area contributed by atoms with E-state index in [1.165, 1.54) is 5.56 Å². The summed E-state index contributed by atoms with van der Waals surface area (Å²) in [5, 5.41) is 0. The van der Waals surface area contributed by atoms with E-state index < -0.39 is 11.8 Å². The molecule has 21 heavy (non-hydrogen) atoms. The van der Waals surface area contributed by atoms with Crippen molar-refractivity contribution in [3.05, 3.63) is 71.3 Å². The molecule has 0 radical (unpaired) electrons. The third-order valence-corrected chi connectivity index (χ3v) is 3.24. The zero-order chi connectivity index (χ0) is 15.1. The number of Topliss-reactive ketones (excluding diaryl/α,β-unsaturated/α-hetero) is 1. The minimum atomic E-state index is -0.779. The van der Waals surface area contributed by atoms with Gasteiger partial charge in [0.05, 0.1) is 0 Å². The summed E-state index contributed by atoms with van der Waals surface area (Å²) in [6, 6.07) is 17.0. The quantitative estimate of drug-likeness (QED) is 0.604. The fourth-order valence-corrected chi connectivity index (χ4v) is 1.95. The first-order chi connectivity index (χ1) is 10.2. The lowest BCUT2D eigenvalue weighted by Gasteiger charge is -2.05.